The fourth-order valence-corrected chi connectivity index (χ4v) is 2.00. The summed E-state index contributed by atoms with van der Waals surface area (Å²) in [4.78, 5) is 0. The number of rotatable bonds is 3. The van der Waals surface area contributed by atoms with Crippen LogP contribution < -0.4 is 5.43 Å². The first-order valence-corrected chi connectivity index (χ1v) is 6.83. The minimum Gasteiger partial charge on any atom is -0.278 e. The van der Waals surface area contributed by atoms with Crippen LogP contribution >= 0.6 is 0 Å². The second kappa shape index (κ2) is 6.22. The van der Waals surface area contributed by atoms with Gasteiger partial charge in [0.2, 0.25) is 0 Å². The maximum Gasteiger partial charge on any atom is 0.418 e. The summed E-state index contributed by atoms with van der Waals surface area (Å²) in [6.07, 6.45) is -4.41. The number of anilines is 1. The van der Waals surface area contributed by atoms with Crippen LogP contribution in [0.4, 0.5) is 18.9 Å². The molecule has 2 nitrogen and oxygen atoms in total. The third-order valence-corrected chi connectivity index (χ3v) is 3.50. The third-order valence-electron chi connectivity index (χ3n) is 3.50. The number of alkyl halides is 3. The molecule has 0 bridgehead atoms. The summed E-state index contributed by atoms with van der Waals surface area (Å²) in [5, 5.41) is 4.08. The van der Waals surface area contributed by atoms with Gasteiger partial charge in [0.25, 0.3) is 0 Å². The summed E-state index contributed by atoms with van der Waals surface area (Å²) in [6.45, 7) is 5.75. The topological polar surface area (TPSA) is 24.4 Å². The van der Waals surface area contributed by atoms with Crippen molar-refractivity contribution in [2.45, 2.75) is 26.9 Å². The van der Waals surface area contributed by atoms with E-state index < -0.39 is 11.7 Å². The molecule has 5 heteroatoms. The van der Waals surface area contributed by atoms with Gasteiger partial charge in [-0.25, -0.2) is 0 Å². The van der Waals surface area contributed by atoms with E-state index in [1.807, 2.05) is 32.0 Å². The van der Waals surface area contributed by atoms with Crippen molar-refractivity contribution in [2.75, 3.05) is 5.43 Å². The van der Waals surface area contributed by atoms with Crippen LogP contribution in [0.1, 0.15) is 29.2 Å². The van der Waals surface area contributed by atoms with Crippen molar-refractivity contribution in [2.24, 2.45) is 5.10 Å². The fraction of sp³-hybridized carbons (Fsp3) is 0.235. The van der Waals surface area contributed by atoms with Crippen LogP contribution in [0.25, 0.3) is 0 Å². The van der Waals surface area contributed by atoms with Gasteiger partial charge in [-0.1, -0.05) is 24.3 Å². The van der Waals surface area contributed by atoms with Crippen LogP contribution in [-0.4, -0.2) is 5.71 Å². The average molecular weight is 306 g/mol. The molecule has 0 fully saturated rings. The second-order valence-corrected chi connectivity index (χ2v) is 5.15. The molecule has 0 aromatic heterocycles. The Morgan fingerprint density at radius 3 is 2.32 bits per heavy atom. The molecule has 116 valence electrons. The van der Waals surface area contributed by atoms with Crippen molar-refractivity contribution in [3.8, 4) is 0 Å². The van der Waals surface area contributed by atoms with Crippen molar-refractivity contribution in [1.29, 1.82) is 0 Å². The molecule has 0 atom stereocenters. The van der Waals surface area contributed by atoms with Crippen molar-refractivity contribution in [3.05, 3.63) is 64.7 Å². The highest BCUT2D eigenvalue weighted by Gasteiger charge is 2.33. The van der Waals surface area contributed by atoms with Crippen molar-refractivity contribution >= 4 is 11.4 Å². The first-order chi connectivity index (χ1) is 10.3. The van der Waals surface area contributed by atoms with Crippen molar-refractivity contribution in [3.63, 3.8) is 0 Å². The maximum absolute atomic E-state index is 12.9. The summed E-state index contributed by atoms with van der Waals surface area (Å²) in [5.41, 5.74) is 5.51. The van der Waals surface area contributed by atoms with Crippen LogP contribution in [0.3, 0.4) is 0 Å². The zero-order chi connectivity index (χ0) is 16.3. The Labute approximate surface area is 127 Å². The molecule has 0 spiro atoms. The number of benzene rings is 2. The second-order valence-electron chi connectivity index (χ2n) is 5.15. The van der Waals surface area contributed by atoms with Gasteiger partial charge in [0, 0.05) is 0 Å². The van der Waals surface area contributed by atoms with E-state index in [1.54, 1.807) is 13.0 Å². The SMILES string of the molecule is CC(=NNc1ccccc1C(F)(F)F)c1ccc(C)c(C)c1. The number of halogens is 3. The quantitative estimate of drug-likeness (QED) is 0.615. The molecule has 0 unspecified atom stereocenters. The number of hydrogen-bond donors (Lipinski definition) is 1. The Hall–Kier alpha value is -2.30. The zero-order valence-corrected chi connectivity index (χ0v) is 12.6. The summed E-state index contributed by atoms with van der Waals surface area (Å²) in [7, 11) is 0. The molecule has 0 aliphatic heterocycles. The van der Waals surface area contributed by atoms with E-state index in [-0.39, 0.29) is 5.69 Å². The lowest BCUT2D eigenvalue weighted by Gasteiger charge is -2.12. The van der Waals surface area contributed by atoms with Gasteiger partial charge in [-0.05, 0) is 55.7 Å². The lowest BCUT2D eigenvalue weighted by atomic mass is 10.0. The van der Waals surface area contributed by atoms with E-state index in [9.17, 15) is 13.2 Å². The molecular formula is C17H17F3N2. The van der Waals surface area contributed by atoms with Gasteiger partial charge in [0.05, 0.1) is 17.0 Å². The molecule has 0 saturated carbocycles. The molecule has 0 aliphatic carbocycles. The smallest absolute Gasteiger partial charge is 0.278 e. The summed E-state index contributed by atoms with van der Waals surface area (Å²) in [6, 6.07) is 11.1. The van der Waals surface area contributed by atoms with Gasteiger partial charge in [-0.15, -0.1) is 0 Å². The highest BCUT2D eigenvalue weighted by molar-refractivity contribution is 5.99. The largest absolute Gasteiger partial charge is 0.418 e. The number of para-hydroxylation sites is 1. The third kappa shape index (κ3) is 3.67. The monoisotopic (exact) mass is 306 g/mol. The molecule has 0 saturated heterocycles. The molecule has 0 amide bonds. The minimum absolute atomic E-state index is 0.0572. The Balaban J connectivity index is 2.26. The standard InChI is InChI=1S/C17H17F3N2/c1-11-8-9-14(10-12(11)2)13(3)21-22-16-7-5-4-6-15(16)17(18,19)20/h4-10,22H,1-3H3. The van der Waals surface area contributed by atoms with Crippen LogP contribution in [0.15, 0.2) is 47.6 Å². The highest BCUT2D eigenvalue weighted by Crippen LogP contribution is 2.34. The van der Waals surface area contributed by atoms with Gasteiger partial charge < -0.3 is 0 Å². The number of aryl methyl sites for hydroxylation is 2. The fourth-order valence-electron chi connectivity index (χ4n) is 2.00. The zero-order valence-electron chi connectivity index (χ0n) is 12.6. The molecule has 2 aromatic carbocycles. The molecule has 2 rings (SSSR count). The maximum atomic E-state index is 12.9. The van der Waals surface area contributed by atoms with Crippen LogP contribution in [0.5, 0.6) is 0 Å². The van der Waals surface area contributed by atoms with Gasteiger partial charge in [0.1, 0.15) is 0 Å². The lowest BCUT2D eigenvalue weighted by molar-refractivity contribution is -0.136. The van der Waals surface area contributed by atoms with E-state index in [4.69, 9.17) is 0 Å². The predicted octanol–water partition coefficient (Wildman–Crippen LogP) is 5.16. The van der Waals surface area contributed by atoms with Gasteiger partial charge >= 0.3 is 6.18 Å². The summed E-state index contributed by atoms with van der Waals surface area (Å²) in [5.74, 6) is 0. The van der Waals surface area contributed by atoms with Gasteiger partial charge in [-0.2, -0.15) is 18.3 Å². The van der Waals surface area contributed by atoms with Crippen molar-refractivity contribution in [1.82, 2.24) is 0 Å². The van der Waals surface area contributed by atoms with Crippen molar-refractivity contribution < 1.29 is 13.2 Å². The first kappa shape index (κ1) is 16.1. The Morgan fingerprint density at radius 1 is 1.00 bits per heavy atom. The molecular weight excluding hydrogens is 289 g/mol. The molecule has 2 aromatic rings. The normalized spacial score (nSPS) is 12.4. The van der Waals surface area contributed by atoms with Gasteiger partial charge in [-0.3, -0.25) is 5.43 Å². The molecule has 1 N–H and O–H groups in total. The number of hydrogen-bond acceptors (Lipinski definition) is 2. The molecule has 0 aliphatic rings. The Morgan fingerprint density at radius 2 is 1.68 bits per heavy atom. The van der Waals surface area contributed by atoms with E-state index in [1.165, 1.54) is 12.1 Å². The van der Waals surface area contributed by atoms with E-state index in [0.29, 0.717) is 5.71 Å². The Bertz CT molecular complexity index is 703. The van der Waals surface area contributed by atoms with Gasteiger partial charge in [0.15, 0.2) is 0 Å². The summed E-state index contributed by atoms with van der Waals surface area (Å²) >= 11 is 0. The van der Waals surface area contributed by atoms with E-state index in [0.717, 1.165) is 22.8 Å². The van der Waals surface area contributed by atoms with Crippen LogP contribution in [0.2, 0.25) is 0 Å². The first-order valence-electron chi connectivity index (χ1n) is 6.83. The lowest BCUT2D eigenvalue weighted by Crippen LogP contribution is -2.09. The highest BCUT2D eigenvalue weighted by atomic mass is 19.4. The average Bonchev–Trinajstić information content (AvgIpc) is 2.47. The predicted molar refractivity (Wildman–Crippen MR) is 83.2 cm³/mol. The number of nitrogens with one attached hydrogen (secondary N) is 1. The number of nitrogens with zero attached hydrogens (tertiary/aromatic N) is 1. The van der Waals surface area contributed by atoms with Crippen LogP contribution in [-0.2, 0) is 6.18 Å². The van der Waals surface area contributed by atoms with E-state index in [2.05, 4.69) is 10.5 Å². The van der Waals surface area contributed by atoms with Crippen LogP contribution in [0, 0.1) is 13.8 Å². The summed E-state index contributed by atoms with van der Waals surface area (Å²) < 4.78 is 38.7. The van der Waals surface area contributed by atoms with E-state index >= 15 is 0 Å². The Kier molecular flexibility index (Phi) is 4.54. The molecule has 0 heterocycles. The molecule has 22 heavy (non-hydrogen) atoms. The minimum atomic E-state index is -4.41. The molecule has 0 radical (unpaired) electrons. The number of hydrazone groups is 1.